The fourth-order valence-corrected chi connectivity index (χ4v) is 1.91. The third kappa shape index (κ3) is 2.79. The quantitative estimate of drug-likeness (QED) is 0.875. The summed E-state index contributed by atoms with van der Waals surface area (Å²) in [7, 11) is 1.76. The van der Waals surface area contributed by atoms with E-state index in [1.807, 2.05) is 24.3 Å². The number of benzene rings is 1. The van der Waals surface area contributed by atoms with Crippen LogP contribution in [0.15, 0.2) is 39.5 Å². The van der Waals surface area contributed by atoms with Gasteiger partial charge in [-0.05, 0) is 24.6 Å². The van der Waals surface area contributed by atoms with E-state index in [0.29, 0.717) is 17.9 Å². The fraction of sp³-hybridized carbons (Fsp3) is 0.231. The number of carbonyl (C=O) groups excluding carboxylic acids is 1. The standard InChI is InChI=1S/C13H13BrN2O2/c1-9-12(7-15-18-9)13(17)16(2)8-10-3-5-11(14)6-4-10/h3-7H,8H2,1-2H3. The van der Waals surface area contributed by atoms with Crippen LogP contribution in [-0.2, 0) is 6.54 Å². The summed E-state index contributed by atoms with van der Waals surface area (Å²) >= 11 is 3.38. The van der Waals surface area contributed by atoms with Gasteiger partial charge in [-0.3, -0.25) is 4.79 Å². The van der Waals surface area contributed by atoms with E-state index in [0.717, 1.165) is 10.0 Å². The summed E-state index contributed by atoms with van der Waals surface area (Å²) in [6, 6.07) is 7.87. The molecule has 0 fully saturated rings. The predicted octanol–water partition coefficient (Wildman–Crippen LogP) is 3.02. The SMILES string of the molecule is Cc1oncc1C(=O)N(C)Cc1ccc(Br)cc1. The van der Waals surface area contributed by atoms with Gasteiger partial charge in [0.2, 0.25) is 0 Å². The van der Waals surface area contributed by atoms with Gasteiger partial charge in [-0.25, -0.2) is 0 Å². The first-order chi connectivity index (χ1) is 8.58. The Morgan fingerprint density at radius 3 is 2.61 bits per heavy atom. The minimum Gasteiger partial charge on any atom is -0.361 e. The normalized spacial score (nSPS) is 10.4. The van der Waals surface area contributed by atoms with E-state index in [2.05, 4.69) is 21.1 Å². The number of amides is 1. The van der Waals surface area contributed by atoms with E-state index in [-0.39, 0.29) is 5.91 Å². The van der Waals surface area contributed by atoms with Crippen molar-refractivity contribution in [3.8, 4) is 0 Å². The van der Waals surface area contributed by atoms with Crippen molar-refractivity contribution in [1.82, 2.24) is 10.1 Å². The predicted molar refractivity (Wildman–Crippen MR) is 71.2 cm³/mol. The number of carbonyl (C=O) groups is 1. The molecule has 1 heterocycles. The van der Waals surface area contributed by atoms with Crippen molar-refractivity contribution in [3.05, 3.63) is 51.8 Å². The zero-order chi connectivity index (χ0) is 13.1. The van der Waals surface area contributed by atoms with Crippen LogP contribution in [0.3, 0.4) is 0 Å². The molecule has 0 saturated carbocycles. The van der Waals surface area contributed by atoms with Crippen molar-refractivity contribution in [3.63, 3.8) is 0 Å². The number of halogens is 1. The van der Waals surface area contributed by atoms with Crippen molar-refractivity contribution < 1.29 is 9.32 Å². The van der Waals surface area contributed by atoms with Crippen LogP contribution < -0.4 is 0 Å². The maximum Gasteiger partial charge on any atom is 0.259 e. The van der Waals surface area contributed by atoms with Gasteiger partial charge < -0.3 is 9.42 Å². The van der Waals surface area contributed by atoms with Crippen molar-refractivity contribution in [2.24, 2.45) is 0 Å². The van der Waals surface area contributed by atoms with Gasteiger partial charge in [-0.2, -0.15) is 0 Å². The van der Waals surface area contributed by atoms with Gasteiger partial charge in [0.05, 0.1) is 6.20 Å². The number of nitrogens with zero attached hydrogens (tertiary/aromatic N) is 2. The minimum absolute atomic E-state index is 0.0864. The number of aromatic nitrogens is 1. The molecule has 0 N–H and O–H groups in total. The number of rotatable bonds is 3. The molecule has 4 nitrogen and oxygen atoms in total. The molecule has 2 rings (SSSR count). The third-order valence-corrected chi connectivity index (χ3v) is 3.19. The zero-order valence-corrected chi connectivity index (χ0v) is 11.8. The molecule has 0 atom stereocenters. The van der Waals surface area contributed by atoms with Crippen molar-refractivity contribution in [2.75, 3.05) is 7.05 Å². The van der Waals surface area contributed by atoms with Gasteiger partial charge in [-0.1, -0.05) is 33.2 Å². The van der Waals surface area contributed by atoms with Gasteiger partial charge in [-0.15, -0.1) is 0 Å². The van der Waals surface area contributed by atoms with Crippen LogP contribution >= 0.6 is 15.9 Å². The average Bonchev–Trinajstić information content (AvgIpc) is 2.77. The minimum atomic E-state index is -0.0864. The molecule has 94 valence electrons. The Labute approximate surface area is 114 Å². The van der Waals surface area contributed by atoms with E-state index in [9.17, 15) is 4.79 Å². The fourth-order valence-electron chi connectivity index (χ4n) is 1.65. The average molecular weight is 309 g/mol. The summed E-state index contributed by atoms with van der Waals surface area (Å²) < 4.78 is 5.92. The van der Waals surface area contributed by atoms with E-state index >= 15 is 0 Å². The van der Waals surface area contributed by atoms with Gasteiger partial charge in [0, 0.05) is 18.1 Å². The van der Waals surface area contributed by atoms with Crippen LogP contribution in [0.25, 0.3) is 0 Å². The molecule has 5 heteroatoms. The molecule has 0 aliphatic rings. The highest BCUT2D eigenvalue weighted by Crippen LogP contribution is 2.14. The van der Waals surface area contributed by atoms with Crippen LogP contribution in [0.4, 0.5) is 0 Å². The van der Waals surface area contributed by atoms with Gasteiger partial charge in [0.25, 0.3) is 5.91 Å². The molecule has 0 spiro atoms. The number of hydrogen-bond acceptors (Lipinski definition) is 3. The highest BCUT2D eigenvalue weighted by Gasteiger charge is 2.17. The molecule has 0 aliphatic heterocycles. The number of hydrogen-bond donors (Lipinski definition) is 0. The largest absolute Gasteiger partial charge is 0.361 e. The molecular formula is C13H13BrN2O2. The maximum absolute atomic E-state index is 12.1. The lowest BCUT2D eigenvalue weighted by Gasteiger charge is -2.16. The molecule has 0 saturated heterocycles. The van der Waals surface area contributed by atoms with Crippen molar-refractivity contribution >= 4 is 21.8 Å². The molecule has 1 amide bonds. The Balaban J connectivity index is 2.08. The molecule has 1 aromatic heterocycles. The van der Waals surface area contributed by atoms with Crippen LogP contribution in [0.1, 0.15) is 21.7 Å². The topological polar surface area (TPSA) is 46.3 Å². The Kier molecular flexibility index (Phi) is 3.81. The highest BCUT2D eigenvalue weighted by atomic mass is 79.9. The zero-order valence-electron chi connectivity index (χ0n) is 10.2. The van der Waals surface area contributed by atoms with E-state index in [1.165, 1.54) is 6.20 Å². The Morgan fingerprint density at radius 1 is 1.39 bits per heavy atom. The van der Waals surface area contributed by atoms with Gasteiger partial charge in [0.1, 0.15) is 11.3 Å². The monoisotopic (exact) mass is 308 g/mol. The summed E-state index contributed by atoms with van der Waals surface area (Å²) in [4.78, 5) is 13.8. The lowest BCUT2D eigenvalue weighted by atomic mass is 10.2. The Hall–Kier alpha value is -1.62. The Bertz CT molecular complexity index is 548. The summed E-state index contributed by atoms with van der Waals surface area (Å²) in [5.41, 5.74) is 1.58. The summed E-state index contributed by atoms with van der Waals surface area (Å²) in [6.07, 6.45) is 1.45. The molecular weight excluding hydrogens is 296 g/mol. The number of aryl methyl sites for hydroxylation is 1. The van der Waals surface area contributed by atoms with Gasteiger partial charge >= 0.3 is 0 Å². The molecule has 2 aromatic rings. The second kappa shape index (κ2) is 5.35. The third-order valence-electron chi connectivity index (χ3n) is 2.66. The first kappa shape index (κ1) is 12.8. The summed E-state index contributed by atoms with van der Waals surface area (Å²) in [5, 5.41) is 3.62. The van der Waals surface area contributed by atoms with E-state index < -0.39 is 0 Å². The Morgan fingerprint density at radius 2 is 2.06 bits per heavy atom. The smallest absolute Gasteiger partial charge is 0.259 e. The molecule has 1 aromatic carbocycles. The van der Waals surface area contributed by atoms with Crippen LogP contribution in [-0.4, -0.2) is 23.0 Å². The van der Waals surface area contributed by atoms with Crippen LogP contribution in [0.2, 0.25) is 0 Å². The van der Waals surface area contributed by atoms with E-state index in [4.69, 9.17) is 4.52 Å². The van der Waals surface area contributed by atoms with Crippen LogP contribution in [0.5, 0.6) is 0 Å². The lowest BCUT2D eigenvalue weighted by Crippen LogP contribution is -2.26. The van der Waals surface area contributed by atoms with Crippen LogP contribution in [0, 0.1) is 6.92 Å². The second-order valence-electron chi connectivity index (χ2n) is 4.08. The second-order valence-corrected chi connectivity index (χ2v) is 5.00. The van der Waals surface area contributed by atoms with Crippen molar-refractivity contribution in [2.45, 2.75) is 13.5 Å². The molecule has 0 unspecified atom stereocenters. The summed E-state index contributed by atoms with van der Waals surface area (Å²) in [5.74, 6) is 0.458. The first-order valence-corrected chi connectivity index (χ1v) is 6.28. The molecule has 0 aliphatic carbocycles. The first-order valence-electron chi connectivity index (χ1n) is 5.49. The molecule has 0 radical (unpaired) electrons. The molecule has 0 bridgehead atoms. The van der Waals surface area contributed by atoms with E-state index in [1.54, 1.807) is 18.9 Å². The van der Waals surface area contributed by atoms with Gasteiger partial charge in [0.15, 0.2) is 0 Å². The highest BCUT2D eigenvalue weighted by molar-refractivity contribution is 9.10. The summed E-state index contributed by atoms with van der Waals surface area (Å²) in [6.45, 7) is 2.28. The lowest BCUT2D eigenvalue weighted by molar-refractivity contribution is 0.0783. The maximum atomic E-state index is 12.1. The van der Waals surface area contributed by atoms with Crippen molar-refractivity contribution in [1.29, 1.82) is 0 Å². The molecule has 18 heavy (non-hydrogen) atoms.